The Morgan fingerprint density at radius 1 is 1.30 bits per heavy atom. The van der Waals surface area contributed by atoms with Crippen LogP contribution in [-0.2, 0) is 4.79 Å². The molecule has 0 radical (unpaired) electrons. The number of carbonyl (C=O) groups is 2. The number of aliphatic carboxylic acids is 1. The van der Waals surface area contributed by atoms with E-state index in [0.717, 1.165) is 37.4 Å². The Hall–Kier alpha value is -1.73. The second-order valence-corrected chi connectivity index (χ2v) is 8.57. The quantitative estimate of drug-likeness (QED) is 0.780. The minimum Gasteiger partial charge on any atom is -0.480 e. The third-order valence-corrected chi connectivity index (χ3v) is 6.58. The normalized spacial score (nSPS) is 25.1. The van der Waals surface area contributed by atoms with Crippen LogP contribution in [0, 0.1) is 6.92 Å². The average molecular weight is 392 g/mol. The molecule has 7 heteroatoms. The molecule has 0 aromatic heterocycles. The lowest BCUT2D eigenvalue weighted by molar-refractivity contribution is -0.139. The van der Waals surface area contributed by atoms with Gasteiger partial charge in [-0.2, -0.15) is 11.8 Å². The van der Waals surface area contributed by atoms with Gasteiger partial charge in [0.15, 0.2) is 0 Å². The van der Waals surface area contributed by atoms with Crippen molar-refractivity contribution in [3.05, 3.63) is 35.4 Å². The number of urea groups is 1. The van der Waals surface area contributed by atoms with Crippen LogP contribution in [0.1, 0.15) is 36.9 Å². The number of likely N-dealkylation sites (N-methyl/N-ethyl adjacent to an activating group) is 1. The standard InChI is InChI=1S/C20H29N3O3S/c1-3-22(12-19(24)25)17-10-16(11-17)21-20(26)23-8-9-27-13-18(23)15-6-4-14(2)5-7-15/h4-7,16-18H,3,8-13H2,1-2H3,(H,21,26)(H,24,25). The van der Waals surface area contributed by atoms with Crippen molar-refractivity contribution in [2.75, 3.05) is 31.1 Å². The molecule has 1 atom stereocenters. The second kappa shape index (κ2) is 8.97. The van der Waals surface area contributed by atoms with Gasteiger partial charge in [-0.1, -0.05) is 36.8 Å². The zero-order valence-corrected chi connectivity index (χ0v) is 16.9. The predicted octanol–water partition coefficient (Wildman–Crippen LogP) is 2.73. The maximum absolute atomic E-state index is 12.9. The van der Waals surface area contributed by atoms with E-state index in [1.54, 1.807) is 0 Å². The van der Waals surface area contributed by atoms with E-state index in [0.29, 0.717) is 0 Å². The number of hydrogen-bond donors (Lipinski definition) is 2. The lowest BCUT2D eigenvalue weighted by Gasteiger charge is -2.44. The van der Waals surface area contributed by atoms with Crippen LogP contribution in [0.3, 0.4) is 0 Å². The van der Waals surface area contributed by atoms with Gasteiger partial charge in [0.2, 0.25) is 0 Å². The van der Waals surface area contributed by atoms with E-state index in [-0.39, 0.29) is 30.7 Å². The fourth-order valence-corrected chi connectivity index (χ4v) is 4.93. The fraction of sp³-hybridized carbons (Fsp3) is 0.600. The maximum Gasteiger partial charge on any atom is 0.318 e. The summed E-state index contributed by atoms with van der Waals surface area (Å²) < 4.78 is 0. The maximum atomic E-state index is 12.9. The molecule has 6 nitrogen and oxygen atoms in total. The van der Waals surface area contributed by atoms with Gasteiger partial charge in [0.05, 0.1) is 12.6 Å². The lowest BCUT2D eigenvalue weighted by atomic mass is 9.85. The van der Waals surface area contributed by atoms with E-state index in [2.05, 4.69) is 36.5 Å². The first kappa shape index (κ1) is 20.0. The zero-order valence-electron chi connectivity index (χ0n) is 16.1. The van der Waals surface area contributed by atoms with Crippen molar-refractivity contribution in [3.8, 4) is 0 Å². The largest absolute Gasteiger partial charge is 0.480 e. The first-order chi connectivity index (χ1) is 13.0. The monoisotopic (exact) mass is 391 g/mol. The molecular formula is C20H29N3O3S. The van der Waals surface area contributed by atoms with E-state index < -0.39 is 5.97 Å². The van der Waals surface area contributed by atoms with E-state index in [1.165, 1.54) is 11.1 Å². The molecule has 1 aromatic carbocycles. The molecule has 2 N–H and O–H groups in total. The van der Waals surface area contributed by atoms with Gasteiger partial charge in [0, 0.05) is 30.1 Å². The number of rotatable bonds is 6. The first-order valence-electron chi connectivity index (χ1n) is 9.65. The van der Waals surface area contributed by atoms with Gasteiger partial charge in [0.1, 0.15) is 0 Å². The summed E-state index contributed by atoms with van der Waals surface area (Å²) in [5, 5.41) is 12.2. The molecule has 1 unspecified atom stereocenters. The second-order valence-electron chi connectivity index (χ2n) is 7.42. The molecule has 3 rings (SSSR count). The highest BCUT2D eigenvalue weighted by atomic mass is 32.2. The smallest absolute Gasteiger partial charge is 0.318 e. The summed E-state index contributed by atoms with van der Waals surface area (Å²) in [6.07, 6.45) is 1.65. The molecule has 1 aliphatic heterocycles. The molecular weight excluding hydrogens is 362 g/mol. The SMILES string of the molecule is CCN(CC(=O)O)C1CC(NC(=O)N2CCSCC2c2ccc(C)cc2)C1. The predicted molar refractivity (Wildman–Crippen MR) is 108 cm³/mol. The summed E-state index contributed by atoms with van der Waals surface area (Å²) in [6, 6.07) is 8.95. The highest BCUT2D eigenvalue weighted by Crippen LogP contribution is 2.31. The van der Waals surface area contributed by atoms with Crippen molar-refractivity contribution < 1.29 is 14.7 Å². The van der Waals surface area contributed by atoms with Crippen molar-refractivity contribution in [2.45, 2.75) is 44.8 Å². The number of aryl methyl sites for hydroxylation is 1. The van der Waals surface area contributed by atoms with E-state index in [1.807, 2.05) is 28.5 Å². The zero-order chi connectivity index (χ0) is 19.4. The third-order valence-electron chi connectivity index (χ3n) is 5.55. The number of thioether (sulfide) groups is 1. The molecule has 1 saturated carbocycles. The first-order valence-corrected chi connectivity index (χ1v) is 10.8. The molecule has 0 spiro atoms. The molecule has 27 heavy (non-hydrogen) atoms. The van der Waals surface area contributed by atoms with Crippen molar-refractivity contribution in [2.24, 2.45) is 0 Å². The summed E-state index contributed by atoms with van der Waals surface area (Å²) in [7, 11) is 0. The summed E-state index contributed by atoms with van der Waals surface area (Å²) in [5.41, 5.74) is 2.41. The van der Waals surface area contributed by atoms with Gasteiger partial charge in [0.25, 0.3) is 0 Å². The fourth-order valence-electron chi connectivity index (χ4n) is 3.85. The van der Waals surface area contributed by atoms with Gasteiger partial charge >= 0.3 is 12.0 Å². The summed E-state index contributed by atoms with van der Waals surface area (Å²) in [6.45, 7) is 5.59. The van der Waals surface area contributed by atoms with Gasteiger partial charge in [-0.25, -0.2) is 4.79 Å². The van der Waals surface area contributed by atoms with Crippen molar-refractivity contribution >= 4 is 23.8 Å². The average Bonchev–Trinajstić information content (AvgIpc) is 2.63. The third kappa shape index (κ3) is 4.96. The minimum absolute atomic E-state index is 0.00519. The van der Waals surface area contributed by atoms with E-state index in [4.69, 9.17) is 5.11 Å². The Morgan fingerprint density at radius 2 is 2.00 bits per heavy atom. The molecule has 1 saturated heterocycles. The van der Waals surface area contributed by atoms with Gasteiger partial charge in [-0.3, -0.25) is 9.69 Å². The van der Waals surface area contributed by atoms with Crippen molar-refractivity contribution in [3.63, 3.8) is 0 Å². The molecule has 1 heterocycles. The van der Waals surface area contributed by atoms with Crippen LogP contribution >= 0.6 is 11.8 Å². The highest BCUT2D eigenvalue weighted by molar-refractivity contribution is 7.99. The molecule has 2 fully saturated rings. The van der Waals surface area contributed by atoms with Gasteiger partial charge in [-0.05, 0) is 31.9 Å². The molecule has 1 aromatic rings. The number of carbonyl (C=O) groups excluding carboxylic acids is 1. The van der Waals surface area contributed by atoms with Crippen LogP contribution < -0.4 is 5.32 Å². The van der Waals surface area contributed by atoms with E-state index >= 15 is 0 Å². The van der Waals surface area contributed by atoms with Gasteiger partial charge in [-0.15, -0.1) is 0 Å². The minimum atomic E-state index is -0.795. The van der Waals surface area contributed by atoms with Crippen LogP contribution in [0.15, 0.2) is 24.3 Å². The van der Waals surface area contributed by atoms with Gasteiger partial charge < -0.3 is 15.3 Å². The summed E-state index contributed by atoms with van der Waals surface area (Å²) in [4.78, 5) is 27.8. The number of nitrogens with zero attached hydrogens (tertiary/aromatic N) is 2. The van der Waals surface area contributed by atoms with Crippen LogP contribution in [0.2, 0.25) is 0 Å². The number of hydrogen-bond acceptors (Lipinski definition) is 4. The Morgan fingerprint density at radius 3 is 2.63 bits per heavy atom. The molecule has 0 bridgehead atoms. The van der Waals surface area contributed by atoms with Crippen molar-refractivity contribution in [1.82, 2.24) is 15.1 Å². The summed E-state index contributed by atoms with van der Waals surface area (Å²) in [5.74, 6) is 1.09. The number of amides is 2. The molecule has 1 aliphatic carbocycles. The number of benzene rings is 1. The number of carboxylic acids is 1. The van der Waals surface area contributed by atoms with Crippen LogP contribution in [0.4, 0.5) is 4.79 Å². The van der Waals surface area contributed by atoms with Crippen LogP contribution in [0.25, 0.3) is 0 Å². The van der Waals surface area contributed by atoms with E-state index in [9.17, 15) is 9.59 Å². The molecule has 148 valence electrons. The highest BCUT2D eigenvalue weighted by Gasteiger charge is 2.37. The molecule has 2 aliphatic rings. The number of nitrogens with one attached hydrogen (secondary N) is 1. The summed E-state index contributed by atoms with van der Waals surface area (Å²) >= 11 is 1.89. The topological polar surface area (TPSA) is 72.9 Å². The lowest BCUT2D eigenvalue weighted by Crippen LogP contribution is -2.57. The number of carboxylic acid groups (broad SMARTS) is 1. The Bertz CT molecular complexity index is 661. The Balaban J connectivity index is 1.55. The van der Waals surface area contributed by atoms with Crippen LogP contribution in [-0.4, -0.2) is 70.1 Å². The van der Waals surface area contributed by atoms with Crippen LogP contribution in [0.5, 0.6) is 0 Å². The Labute approximate surface area is 165 Å². The Kier molecular flexibility index (Phi) is 6.65. The molecule has 2 amide bonds. The van der Waals surface area contributed by atoms with Crippen molar-refractivity contribution in [1.29, 1.82) is 0 Å².